The van der Waals surface area contributed by atoms with Crippen LogP contribution in [0.5, 0.6) is 0 Å². The second kappa shape index (κ2) is 2.08. The van der Waals surface area contributed by atoms with E-state index in [0.29, 0.717) is 0 Å². The van der Waals surface area contributed by atoms with Crippen molar-refractivity contribution in [2.24, 2.45) is 0 Å². The molecule has 0 aliphatic heterocycles. The number of hydrogen-bond acceptors (Lipinski definition) is 2. The van der Waals surface area contributed by atoms with Crippen molar-refractivity contribution in [2.75, 3.05) is 0 Å². The molecule has 0 aliphatic carbocycles. The van der Waals surface area contributed by atoms with E-state index in [1.807, 2.05) is 0 Å². The van der Waals surface area contributed by atoms with Crippen LogP contribution in [0.1, 0.15) is 0 Å². The molecule has 1 aromatic rings. The number of nitrogens with zero attached hydrogens (tertiary/aromatic N) is 1. The van der Waals surface area contributed by atoms with Crippen molar-refractivity contribution in [3.8, 4) is 0 Å². The first-order chi connectivity index (χ1) is 3.43. The molecule has 0 aliphatic rings. The van der Waals surface area contributed by atoms with E-state index in [2.05, 4.69) is 10.2 Å². The molecule has 1 N–H and O–H groups in total. The van der Waals surface area contributed by atoms with Gasteiger partial charge in [-0.2, -0.15) is 0 Å². The summed E-state index contributed by atoms with van der Waals surface area (Å²) in [5.41, 5.74) is 0. The second-order valence-electron chi connectivity index (χ2n) is 1.13. The summed E-state index contributed by atoms with van der Waals surface area (Å²) in [4.78, 5) is 0. The third-order valence-corrected chi connectivity index (χ3v) is 1.86. The molecule has 0 saturated heterocycles. The van der Waals surface area contributed by atoms with Crippen LogP contribution in [0.3, 0.4) is 0 Å². The molecule has 0 fully saturated rings. The molecule has 0 aromatic carbocycles. The predicted octanol–water partition coefficient (Wildman–Crippen LogP) is -0.915. The van der Waals surface area contributed by atoms with Crippen molar-refractivity contribution in [2.45, 2.75) is 0 Å². The van der Waals surface area contributed by atoms with Crippen LogP contribution in [-0.4, -0.2) is 27.6 Å². The Morgan fingerprint density at radius 2 is 2.71 bits per heavy atom. The maximum absolute atomic E-state index is 10.1. The van der Waals surface area contributed by atoms with E-state index in [4.69, 9.17) is 0 Å². The molecule has 0 radical (unpaired) electrons. The van der Waals surface area contributed by atoms with E-state index < -0.39 is 17.4 Å². The van der Waals surface area contributed by atoms with Crippen molar-refractivity contribution in [1.29, 1.82) is 0 Å². The van der Waals surface area contributed by atoms with E-state index in [9.17, 15) is 3.54 Å². The molecule has 0 atom stereocenters. The molecule has 1 aromatic heterocycles. The van der Waals surface area contributed by atoms with Crippen molar-refractivity contribution in [3.63, 3.8) is 0 Å². The quantitative estimate of drug-likeness (QED) is 0.530. The Morgan fingerprint density at radius 3 is 3.00 bits per heavy atom. The van der Waals surface area contributed by atoms with Gasteiger partial charge in [-0.15, -0.1) is 0 Å². The zero-order valence-corrected chi connectivity index (χ0v) is 6.01. The number of nitrogens with one attached hydrogen (secondary N) is 1. The van der Waals surface area contributed by atoms with Crippen LogP contribution in [0.25, 0.3) is 0 Å². The molecular weight excluding hydrogens is 150 g/mol. The van der Waals surface area contributed by atoms with Crippen LogP contribution in [0.2, 0.25) is 0 Å². The third kappa shape index (κ3) is 1.00. The fourth-order valence-electron chi connectivity index (χ4n) is 0.332. The Balaban J connectivity index is 2.96. The first-order valence-electron chi connectivity index (χ1n) is 1.88. The van der Waals surface area contributed by atoms with Crippen LogP contribution < -0.4 is 4.25 Å². The van der Waals surface area contributed by atoms with Gasteiger partial charge >= 0.3 is 47.6 Å². The first kappa shape index (κ1) is 4.80. The Labute approximate surface area is 48.2 Å². The Hall–Kier alpha value is -0.354. The van der Waals surface area contributed by atoms with Gasteiger partial charge in [-0.1, -0.05) is 0 Å². The average molecular weight is 153 g/mol. The van der Waals surface area contributed by atoms with Crippen LogP contribution >= 0.6 is 0 Å². The van der Waals surface area contributed by atoms with E-state index >= 15 is 0 Å². The summed E-state index contributed by atoms with van der Waals surface area (Å²) < 4.78 is 10.9. The van der Waals surface area contributed by atoms with Crippen molar-refractivity contribution in [3.05, 3.63) is 12.3 Å². The van der Waals surface area contributed by atoms with Gasteiger partial charge in [0.05, 0.1) is 0 Å². The fourth-order valence-corrected chi connectivity index (χ4v) is 0.945. The predicted molar refractivity (Wildman–Crippen MR) is 24.7 cm³/mol. The molecule has 0 unspecified atom stereocenters. The van der Waals surface area contributed by atoms with Gasteiger partial charge in [0, 0.05) is 0 Å². The second-order valence-corrected chi connectivity index (χ2v) is 2.93. The van der Waals surface area contributed by atoms with E-state index in [-0.39, 0.29) is 0 Å². The van der Waals surface area contributed by atoms with E-state index in [1.54, 1.807) is 12.3 Å². The summed E-state index contributed by atoms with van der Waals surface area (Å²) in [5.74, 6) is 0. The number of hydrogen-bond donors (Lipinski definition) is 1. The number of H-pyrrole nitrogens is 1. The summed E-state index contributed by atoms with van der Waals surface area (Å²) in [6, 6.07) is 1.73. The first-order valence-corrected chi connectivity index (χ1v) is 4.08. The summed E-state index contributed by atoms with van der Waals surface area (Å²) in [6.45, 7) is 0. The van der Waals surface area contributed by atoms with Crippen molar-refractivity contribution in [1.82, 2.24) is 10.2 Å². The van der Waals surface area contributed by atoms with Gasteiger partial charge in [0.1, 0.15) is 0 Å². The van der Waals surface area contributed by atoms with Gasteiger partial charge in [-0.05, 0) is 0 Å². The molecule has 3 nitrogen and oxygen atoms in total. The normalized spacial score (nSPS) is 8.00. The molecule has 34 valence electrons. The van der Waals surface area contributed by atoms with E-state index in [1.165, 1.54) is 0 Å². The minimum atomic E-state index is -1.36. The summed E-state index contributed by atoms with van der Waals surface area (Å²) in [7, 11) is 0. The van der Waals surface area contributed by atoms with E-state index in [0.717, 1.165) is 4.25 Å². The Bertz CT molecular complexity index is 148. The van der Waals surface area contributed by atoms with Crippen LogP contribution in [0.4, 0.5) is 0 Å². The van der Waals surface area contributed by atoms with Gasteiger partial charge in [-0.3, -0.25) is 0 Å². The molecule has 4 heteroatoms. The summed E-state index contributed by atoms with van der Waals surface area (Å²) >= 11 is -1.36. The van der Waals surface area contributed by atoms with Crippen LogP contribution in [-0.2, 0) is 3.54 Å². The third-order valence-electron chi connectivity index (χ3n) is 0.649. The van der Waals surface area contributed by atoms with Gasteiger partial charge in [0.25, 0.3) is 0 Å². The number of rotatable bonds is 1. The average Bonchev–Trinajstić information content (AvgIpc) is 2.14. The Morgan fingerprint density at radius 1 is 1.86 bits per heavy atom. The van der Waals surface area contributed by atoms with Gasteiger partial charge in [-0.25, -0.2) is 0 Å². The molecule has 7 heavy (non-hydrogen) atoms. The zero-order chi connectivity index (χ0) is 5.11. The number of aromatic amines is 1. The van der Waals surface area contributed by atoms with Gasteiger partial charge in [0.2, 0.25) is 0 Å². The van der Waals surface area contributed by atoms with Crippen LogP contribution in [0, 0.1) is 0 Å². The topological polar surface area (TPSA) is 45.8 Å². The maximum atomic E-state index is 10.1. The van der Waals surface area contributed by atoms with Crippen LogP contribution in [0.15, 0.2) is 12.3 Å². The van der Waals surface area contributed by atoms with Crippen molar-refractivity contribution < 1.29 is 3.54 Å². The van der Waals surface area contributed by atoms with Crippen molar-refractivity contribution >= 4 is 21.6 Å². The molecule has 1 heterocycles. The molecular formula is C3H3GaN2O. The Kier molecular flexibility index (Phi) is 1.43. The van der Waals surface area contributed by atoms with Gasteiger partial charge in [0.15, 0.2) is 0 Å². The monoisotopic (exact) mass is 152 g/mol. The summed E-state index contributed by atoms with van der Waals surface area (Å²) in [6.07, 6.45) is 1.60. The summed E-state index contributed by atoms with van der Waals surface area (Å²) in [5, 5.41) is 6.20. The van der Waals surface area contributed by atoms with Gasteiger partial charge < -0.3 is 0 Å². The molecule has 0 spiro atoms. The molecule has 0 amide bonds. The standard InChI is InChI=1S/C3H3N2.Ga.O/c1-2-4-5-3-1;;/h1-2H,(H,4,5);;. The molecule has 1 rings (SSSR count). The minimum absolute atomic E-state index is 0.795. The fraction of sp³-hybridized carbons (Fsp3) is 0. The zero-order valence-electron chi connectivity index (χ0n) is 3.59. The number of aromatic nitrogens is 2. The SMILES string of the molecule is [O]=[Ga][c]1ccn[nH]1. The molecule has 0 bridgehead atoms. The molecule has 0 saturated carbocycles.